The van der Waals surface area contributed by atoms with Gasteiger partial charge in [-0.2, -0.15) is 12.6 Å². The second-order valence-electron chi connectivity index (χ2n) is 4.10. The molecule has 0 atom stereocenters. The molecule has 1 aromatic carbocycles. The lowest BCUT2D eigenvalue weighted by Crippen LogP contribution is -1.89. The summed E-state index contributed by atoms with van der Waals surface area (Å²) in [5.41, 5.74) is 2.93. The number of benzene rings is 1. The van der Waals surface area contributed by atoms with Gasteiger partial charge in [0.2, 0.25) is 0 Å². The van der Waals surface area contributed by atoms with Crippen LogP contribution in [0.4, 0.5) is 0 Å². The number of rotatable bonds is 7. The normalized spacial score (nSPS) is 10.5. The molecule has 1 aromatic rings. The second kappa shape index (κ2) is 7.81. The Kier molecular flexibility index (Phi) is 6.58. The van der Waals surface area contributed by atoms with Crippen molar-refractivity contribution in [3.63, 3.8) is 0 Å². The van der Waals surface area contributed by atoms with Crippen LogP contribution in [0.3, 0.4) is 0 Å². The van der Waals surface area contributed by atoms with Crippen molar-refractivity contribution in [2.24, 2.45) is 0 Å². The Morgan fingerprint density at radius 3 is 1.87 bits per heavy atom. The summed E-state index contributed by atoms with van der Waals surface area (Å²) in [6.07, 6.45) is 7.56. The number of hydrogen-bond acceptors (Lipinski definition) is 1. The third-order valence-electron chi connectivity index (χ3n) is 2.72. The summed E-state index contributed by atoms with van der Waals surface area (Å²) in [6, 6.07) is 9.10. The van der Waals surface area contributed by atoms with E-state index in [0.717, 1.165) is 5.75 Å². The maximum Gasteiger partial charge on any atom is -0.00947 e. The maximum absolute atomic E-state index is 4.23. The van der Waals surface area contributed by atoms with E-state index in [0.29, 0.717) is 0 Å². The van der Waals surface area contributed by atoms with E-state index in [1.165, 1.54) is 49.7 Å². The molecule has 15 heavy (non-hydrogen) atoms. The van der Waals surface area contributed by atoms with Gasteiger partial charge in [-0.15, -0.1) is 0 Å². The monoisotopic (exact) mass is 222 g/mol. The summed E-state index contributed by atoms with van der Waals surface area (Å²) in [5, 5.41) is 0. The van der Waals surface area contributed by atoms with Gasteiger partial charge >= 0.3 is 0 Å². The van der Waals surface area contributed by atoms with Crippen molar-refractivity contribution < 1.29 is 0 Å². The Balaban J connectivity index is 2.35. The topological polar surface area (TPSA) is 0 Å². The fourth-order valence-corrected chi connectivity index (χ4v) is 1.89. The molecule has 84 valence electrons. The maximum atomic E-state index is 4.23. The predicted octanol–water partition coefficient (Wildman–Crippen LogP) is 4.28. The average Bonchev–Trinajstić information content (AvgIpc) is 2.28. The minimum Gasteiger partial charge on any atom is -0.179 e. The van der Waals surface area contributed by atoms with E-state index < -0.39 is 0 Å². The Morgan fingerprint density at radius 2 is 1.40 bits per heavy atom. The van der Waals surface area contributed by atoms with Crippen LogP contribution in [-0.4, -0.2) is 5.75 Å². The molecule has 0 fully saturated rings. The van der Waals surface area contributed by atoms with Gasteiger partial charge in [-0.25, -0.2) is 0 Å². The van der Waals surface area contributed by atoms with E-state index in [4.69, 9.17) is 0 Å². The van der Waals surface area contributed by atoms with Crippen LogP contribution in [0, 0.1) is 0 Å². The Hall–Kier alpha value is -0.430. The summed E-state index contributed by atoms with van der Waals surface area (Å²) < 4.78 is 0. The van der Waals surface area contributed by atoms with Gasteiger partial charge in [0, 0.05) is 0 Å². The number of thiol groups is 1. The minimum atomic E-state index is 0.984. The highest BCUT2D eigenvalue weighted by molar-refractivity contribution is 7.80. The smallest absolute Gasteiger partial charge is 0.00947 e. The van der Waals surface area contributed by atoms with Gasteiger partial charge in [0.1, 0.15) is 0 Å². The predicted molar refractivity (Wildman–Crippen MR) is 71.8 cm³/mol. The molecule has 0 saturated carbocycles. The van der Waals surface area contributed by atoms with Crippen molar-refractivity contribution in [3.8, 4) is 0 Å². The number of aryl methyl sites for hydroxylation is 2. The van der Waals surface area contributed by atoms with Crippen molar-refractivity contribution in [2.45, 2.75) is 45.4 Å². The first-order valence-corrected chi connectivity index (χ1v) is 6.68. The fourth-order valence-electron chi connectivity index (χ4n) is 1.73. The zero-order chi connectivity index (χ0) is 10.9. The van der Waals surface area contributed by atoms with Crippen molar-refractivity contribution in [3.05, 3.63) is 35.4 Å². The van der Waals surface area contributed by atoms with Crippen molar-refractivity contribution in [1.29, 1.82) is 0 Å². The Morgan fingerprint density at radius 1 is 0.867 bits per heavy atom. The molecule has 0 bridgehead atoms. The molecule has 0 nitrogen and oxygen atoms in total. The van der Waals surface area contributed by atoms with E-state index in [2.05, 4.69) is 43.8 Å². The summed E-state index contributed by atoms with van der Waals surface area (Å²) in [7, 11) is 0. The quantitative estimate of drug-likeness (QED) is 0.516. The zero-order valence-electron chi connectivity index (χ0n) is 9.71. The molecule has 0 amide bonds. The highest BCUT2D eigenvalue weighted by Gasteiger charge is 1.95. The molecular weight excluding hydrogens is 200 g/mol. The molecule has 0 aliphatic carbocycles. The van der Waals surface area contributed by atoms with Gasteiger partial charge in [0.25, 0.3) is 0 Å². The highest BCUT2D eigenvalue weighted by Crippen LogP contribution is 2.10. The van der Waals surface area contributed by atoms with Gasteiger partial charge in [-0.3, -0.25) is 0 Å². The molecule has 0 aliphatic heterocycles. The first-order valence-electron chi connectivity index (χ1n) is 6.05. The Bertz CT molecular complexity index is 251. The minimum absolute atomic E-state index is 0.984. The van der Waals surface area contributed by atoms with Crippen LogP contribution in [0.1, 0.15) is 43.7 Å². The van der Waals surface area contributed by atoms with E-state index in [-0.39, 0.29) is 0 Å². The zero-order valence-corrected chi connectivity index (χ0v) is 10.6. The lowest BCUT2D eigenvalue weighted by molar-refractivity contribution is 0.717. The van der Waals surface area contributed by atoms with Crippen LogP contribution in [-0.2, 0) is 12.8 Å². The van der Waals surface area contributed by atoms with Crippen LogP contribution in [0.15, 0.2) is 24.3 Å². The van der Waals surface area contributed by atoms with E-state index in [9.17, 15) is 0 Å². The van der Waals surface area contributed by atoms with Gasteiger partial charge in [-0.1, -0.05) is 44.0 Å². The van der Waals surface area contributed by atoms with E-state index in [1.54, 1.807) is 0 Å². The third-order valence-corrected chi connectivity index (χ3v) is 3.03. The van der Waals surface area contributed by atoms with E-state index >= 15 is 0 Å². The molecular formula is C14H22S. The molecule has 0 heterocycles. The number of unbranched alkanes of at least 4 members (excludes halogenated alkanes) is 2. The molecule has 0 unspecified atom stereocenters. The molecule has 0 saturated heterocycles. The van der Waals surface area contributed by atoms with Gasteiger partial charge in [0.15, 0.2) is 0 Å². The average molecular weight is 222 g/mol. The van der Waals surface area contributed by atoms with Crippen molar-refractivity contribution >= 4 is 12.6 Å². The lowest BCUT2D eigenvalue weighted by atomic mass is 10.0. The molecule has 0 aromatic heterocycles. The lowest BCUT2D eigenvalue weighted by Gasteiger charge is -2.03. The summed E-state index contributed by atoms with van der Waals surface area (Å²) in [5.74, 6) is 0.984. The fraction of sp³-hybridized carbons (Fsp3) is 0.571. The molecule has 1 rings (SSSR count). The molecule has 0 spiro atoms. The molecule has 0 radical (unpaired) electrons. The van der Waals surface area contributed by atoms with Crippen LogP contribution in [0.5, 0.6) is 0 Å². The van der Waals surface area contributed by atoms with Gasteiger partial charge in [0.05, 0.1) is 0 Å². The second-order valence-corrected chi connectivity index (χ2v) is 4.55. The van der Waals surface area contributed by atoms with Gasteiger partial charge in [-0.05, 0) is 42.6 Å². The summed E-state index contributed by atoms with van der Waals surface area (Å²) >= 11 is 4.23. The SMILES string of the molecule is CCCCCc1ccc(CCCS)cc1. The third kappa shape index (κ3) is 5.27. The van der Waals surface area contributed by atoms with Crippen LogP contribution >= 0.6 is 12.6 Å². The van der Waals surface area contributed by atoms with Crippen LogP contribution in [0.2, 0.25) is 0 Å². The first kappa shape index (κ1) is 12.6. The van der Waals surface area contributed by atoms with Crippen LogP contribution in [0.25, 0.3) is 0 Å². The molecule has 1 heteroatoms. The van der Waals surface area contributed by atoms with Crippen molar-refractivity contribution in [2.75, 3.05) is 5.75 Å². The summed E-state index contributed by atoms with van der Waals surface area (Å²) in [4.78, 5) is 0. The highest BCUT2D eigenvalue weighted by atomic mass is 32.1. The molecule has 0 aliphatic rings. The number of hydrogen-bond donors (Lipinski definition) is 1. The molecule has 0 N–H and O–H groups in total. The standard InChI is InChI=1S/C14H22S/c1-2-3-4-6-13-8-10-14(11-9-13)7-5-12-15/h8-11,15H,2-7,12H2,1H3. The summed E-state index contributed by atoms with van der Waals surface area (Å²) in [6.45, 7) is 2.25. The van der Waals surface area contributed by atoms with E-state index in [1.807, 2.05) is 0 Å². The van der Waals surface area contributed by atoms with Crippen LogP contribution < -0.4 is 0 Å². The largest absolute Gasteiger partial charge is 0.179 e. The van der Waals surface area contributed by atoms with Crippen molar-refractivity contribution in [1.82, 2.24) is 0 Å². The Labute approximate surface area is 99.5 Å². The first-order chi connectivity index (χ1) is 7.36. The van der Waals surface area contributed by atoms with Gasteiger partial charge < -0.3 is 0 Å².